The van der Waals surface area contributed by atoms with Crippen molar-refractivity contribution in [1.82, 2.24) is 10.2 Å². The third-order valence-electron chi connectivity index (χ3n) is 4.40. The molecule has 1 fully saturated rings. The van der Waals surface area contributed by atoms with Gasteiger partial charge in [-0.25, -0.2) is 0 Å². The van der Waals surface area contributed by atoms with Crippen LogP contribution in [-0.2, 0) is 4.74 Å². The molecule has 2 atom stereocenters. The second-order valence-electron chi connectivity index (χ2n) is 7.37. The van der Waals surface area contributed by atoms with E-state index in [4.69, 9.17) is 4.74 Å². The zero-order valence-electron chi connectivity index (χ0n) is 14.4. The number of nitrogens with zero attached hydrogens (tertiary/aromatic N) is 1. The Labute approximate surface area is 126 Å². The fourth-order valence-corrected chi connectivity index (χ4v) is 2.97. The minimum Gasteiger partial charge on any atom is -0.377 e. The summed E-state index contributed by atoms with van der Waals surface area (Å²) in [7, 11) is 2.24. The lowest BCUT2D eigenvalue weighted by atomic mass is 9.86. The van der Waals surface area contributed by atoms with E-state index in [1.165, 1.54) is 25.7 Å². The second kappa shape index (κ2) is 9.01. The Morgan fingerprint density at radius 2 is 2.10 bits per heavy atom. The van der Waals surface area contributed by atoms with Crippen LogP contribution in [-0.4, -0.2) is 50.8 Å². The SMILES string of the molecule is CCC(C)(CNCC(C)C)CN(C)CC1CCCCO1. The van der Waals surface area contributed by atoms with Crippen molar-refractivity contribution in [3.05, 3.63) is 0 Å². The molecule has 120 valence electrons. The first kappa shape index (κ1) is 17.9. The molecule has 1 heterocycles. The van der Waals surface area contributed by atoms with E-state index in [1.807, 2.05) is 0 Å². The molecule has 2 unspecified atom stereocenters. The minimum atomic E-state index is 0.359. The summed E-state index contributed by atoms with van der Waals surface area (Å²) in [6.07, 6.45) is 5.48. The van der Waals surface area contributed by atoms with Gasteiger partial charge in [-0.15, -0.1) is 0 Å². The lowest BCUT2D eigenvalue weighted by Crippen LogP contribution is -2.44. The van der Waals surface area contributed by atoms with Crippen molar-refractivity contribution in [3.63, 3.8) is 0 Å². The van der Waals surface area contributed by atoms with E-state index in [9.17, 15) is 0 Å². The summed E-state index contributed by atoms with van der Waals surface area (Å²) in [5.74, 6) is 0.726. The molecule has 0 aromatic carbocycles. The Morgan fingerprint density at radius 1 is 1.35 bits per heavy atom. The summed E-state index contributed by atoms with van der Waals surface area (Å²) in [5.41, 5.74) is 0.359. The summed E-state index contributed by atoms with van der Waals surface area (Å²) >= 11 is 0. The molecular weight excluding hydrogens is 248 g/mol. The van der Waals surface area contributed by atoms with E-state index in [0.29, 0.717) is 11.5 Å². The van der Waals surface area contributed by atoms with E-state index >= 15 is 0 Å². The highest BCUT2D eigenvalue weighted by molar-refractivity contribution is 4.80. The smallest absolute Gasteiger partial charge is 0.0701 e. The van der Waals surface area contributed by atoms with Crippen molar-refractivity contribution in [2.45, 2.75) is 59.5 Å². The van der Waals surface area contributed by atoms with E-state index in [2.05, 4.69) is 45.0 Å². The number of hydrogen-bond donors (Lipinski definition) is 1. The first-order valence-corrected chi connectivity index (χ1v) is 8.46. The van der Waals surface area contributed by atoms with Crippen molar-refractivity contribution in [2.75, 3.05) is 39.8 Å². The van der Waals surface area contributed by atoms with Gasteiger partial charge in [-0.05, 0) is 50.6 Å². The lowest BCUT2D eigenvalue weighted by molar-refractivity contribution is -0.00722. The maximum absolute atomic E-state index is 5.85. The zero-order valence-corrected chi connectivity index (χ0v) is 14.4. The van der Waals surface area contributed by atoms with Gasteiger partial charge in [0, 0.05) is 26.2 Å². The number of nitrogens with one attached hydrogen (secondary N) is 1. The van der Waals surface area contributed by atoms with Gasteiger partial charge < -0.3 is 15.0 Å². The van der Waals surface area contributed by atoms with Crippen LogP contribution in [0.15, 0.2) is 0 Å². The summed E-state index contributed by atoms with van der Waals surface area (Å²) in [6, 6.07) is 0. The van der Waals surface area contributed by atoms with Gasteiger partial charge in [-0.1, -0.05) is 27.7 Å². The number of rotatable bonds is 9. The molecule has 1 aliphatic heterocycles. The highest BCUT2D eigenvalue weighted by Gasteiger charge is 2.25. The molecule has 3 nitrogen and oxygen atoms in total. The molecule has 3 heteroatoms. The molecule has 0 aromatic rings. The minimum absolute atomic E-state index is 0.359. The van der Waals surface area contributed by atoms with Gasteiger partial charge in [-0.3, -0.25) is 0 Å². The van der Waals surface area contributed by atoms with Crippen LogP contribution in [0.25, 0.3) is 0 Å². The average molecular weight is 284 g/mol. The van der Waals surface area contributed by atoms with Crippen molar-refractivity contribution in [1.29, 1.82) is 0 Å². The maximum atomic E-state index is 5.85. The molecule has 1 aliphatic rings. The Bertz CT molecular complexity index is 251. The van der Waals surface area contributed by atoms with Crippen molar-refractivity contribution < 1.29 is 4.74 Å². The fraction of sp³-hybridized carbons (Fsp3) is 1.00. The zero-order chi connectivity index (χ0) is 15.0. The topological polar surface area (TPSA) is 24.5 Å². The Kier molecular flexibility index (Phi) is 8.08. The van der Waals surface area contributed by atoms with Crippen LogP contribution in [0.3, 0.4) is 0 Å². The first-order chi connectivity index (χ1) is 9.45. The molecule has 0 spiro atoms. The Balaban J connectivity index is 2.32. The molecule has 0 aliphatic carbocycles. The lowest BCUT2D eigenvalue weighted by Gasteiger charge is -2.35. The van der Waals surface area contributed by atoms with Crippen LogP contribution >= 0.6 is 0 Å². The van der Waals surface area contributed by atoms with Crippen LogP contribution in [0.2, 0.25) is 0 Å². The van der Waals surface area contributed by atoms with Crippen molar-refractivity contribution in [3.8, 4) is 0 Å². The van der Waals surface area contributed by atoms with Gasteiger partial charge in [0.2, 0.25) is 0 Å². The van der Waals surface area contributed by atoms with Gasteiger partial charge in [0.15, 0.2) is 0 Å². The standard InChI is InChI=1S/C17H36N2O/c1-6-17(4,13-18-11-15(2)3)14-19(5)12-16-9-7-8-10-20-16/h15-16,18H,6-14H2,1-5H3. The van der Waals surface area contributed by atoms with E-state index in [0.717, 1.165) is 38.7 Å². The molecule has 1 saturated heterocycles. The summed E-state index contributed by atoms with van der Waals surface area (Å²) < 4.78 is 5.85. The predicted octanol–water partition coefficient (Wildman–Crippen LogP) is 3.15. The quantitative estimate of drug-likeness (QED) is 0.704. The van der Waals surface area contributed by atoms with Gasteiger partial charge in [0.25, 0.3) is 0 Å². The van der Waals surface area contributed by atoms with E-state index in [-0.39, 0.29) is 0 Å². The van der Waals surface area contributed by atoms with Crippen LogP contribution in [0.5, 0.6) is 0 Å². The monoisotopic (exact) mass is 284 g/mol. The molecule has 0 bridgehead atoms. The Morgan fingerprint density at radius 3 is 2.65 bits per heavy atom. The molecule has 0 aromatic heterocycles. The van der Waals surface area contributed by atoms with Crippen LogP contribution in [0.4, 0.5) is 0 Å². The third kappa shape index (κ3) is 7.05. The number of hydrogen-bond acceptors (Lipinski definition) is 3. The van der Waals surface area contributed by atoms with E-state index in [1.54, 1.807) is 0 Å². The highest BCUT2D eigenvalue weighted by Crippen LogP contribution is 2.22. The fourth-order valence-electron chi connectivity index (χ4n) is 2.97. The molecule has 1 rings (SSSR count). The van der Waals surface area contributed by atoms with Gasteiger partial charge in [0.1, 0.15) is 0 Å². The Hall–Kier alpha value is -0.120. The molecule has 0 radical (unpaired) electrons. The van der Waals surface area contributed by atoms with Gasteiger partial charge >= 0.3 is 0 Å². The predicted molar refractivity (Wildman–Crippen MR) is 87.2 cm³/mol. The third-order valence-corrected chi connectivity index (χ3v) is 4.40. The second-order valence-corrected chi connectivity index (χ2v) is 7.37. The van der Waals surface area contributed by atoms with Crippen molar-refractivity contribution in [2.24, 2.45) is 11.3 Å². The molecule has 20 heavy (non-hydrogen) atoms. The molecule has 0 saturated carbocycles. The molecular formula is C17H36N2O. The van der Waals surface area contributed by atoms with Crippen LogP contribution < -0.4 is 5.32 Å². The normalized spacial score (nSPS) is 23.2. The summed E-state index contributed by atoms with van der Waals surface area (Å²) in [6.45, 7) is 14.7. The van der Waals surface area contributed by atoms with Crippen LogP contribution in [0, 0.1) is 11.3 Å². The van der Waals surface area contributed by atoms with E-state index < -0.39 is 0 Å². The maximum Gasteiger partial charge on any atom is 0.0701 e. The molecule has 0 amide bonds. The first-order valence-electron chi connectivity index (χ1n) is 8.46. The number of likely N-dealkylation sites (N-methyl/N-ethyl adjacent to an activating group) is 1. The largest absolute Gasteiger partial charge is 0.377 e. The number of ether oxygens (including phenoxy) is 1. The van der Waals surface area contributed by atoms with Crippen LogP contribution in [0.1, 0.15) is 53.4 Å². The highest BCUT2D eigenvalue weighted by atomic mass is 16.5. The average Bonchev–Trinajstić information content (AvgIpc) is 2.39. The van der Waals surface area contributed by atoms with Gasteiger partial charge in [-0.2, -0.15) is 0 Å². The van der Waals surface area contributed by atoms with Crippen molar-refractivity contribution >= 4 is 0 Å². The van der Waals surface area contributed by atoms with Gasteiger partial charge in [0.05, 0.1) is 6.10 Å². The molecule has 1 N–H and O–H groups in total. The summed E-state index contributed by atoms with van der Waals surface area (Å²) in [5, 5.41) is 3.63. The summed E-state index contributed by atoms with van der Waals surface area (Å²) in [4.78, 5) is 2.47.